The van der Waals surface area contributed by atoms with Crippen LogP contribution in [-0.4, -0.2) is 38.8 Å². The topological polar surface area (TPSA) is 86.2 Å². The zero-order valence-electron chi connectivity index (χ0n) is 19.4. The van der Waals surface area contributed by atoms with Crippen molar-refractivity contribution in [1.29, 1.82) is 0 Å². The molecule has 2 heterocycles. The second-order valence-corrected chi connectivity index (χ2v) is 9.45. The van der Waals surface area contributed by atoms with E-state index in [9.17, 15) is 4.79 Å². The van der Waals surface area contributed by atoms with E-state index in [4.69, 9.17) is 9.47 Å². The molecule has 7 nitrogen and oxygen atoms in total. The number of nitrogens with one attached hydrogen (secondary N) is 1. The summed E-state index contributed by atoms with van der Waals surface area (Å²) < 4.78 is 11.5. The Morgan fingerprint density at radius 1 is 1.07 bits per heavy atom. The Balaban J connectivity index is 2.13. The van der Waals surface area contributed by atoms with Gasteiger partial charge in [0.05, 0.1) is 23.1 Å². The number of aromatic nitrogens is 3. The van der Waals surface area contributed by atoms with E-state index in [1.165, 1.54) is 6.33 Å². The molecule has 0 bridgehead atoms. The highest BCUT2D eigenvalue weighted by Crippen LogP contribution is 2.25. The largest absolute Gasteiger partial charge is 0.489 e. The summed E-state index contributed by atoms with van der Waals surface area (Å²) in [5.74, 6) is 1.04. The van der Waals surface area contributed by atoms with Crippen LogP contribution in [0.25, 0.3) is 11.4 Å². The van der Waals surface area contributed by atoms with Crippen LogP contribution in [0.15, 0.2) is 24.7 Å². The van der Waals surface area contributed by atoms with Crippen LogP contribution >= 0.6 is 0 Å². The Morgan fingerprint density at radius 3 is 2.30 bits per heavy atom. The first kappa shape index (κ1) is 23.6. The summed E-state index contributed by atoms with van der Waals surface area (Å²) in [7, 11) is 0. The van der Waals surface area contributed by atoms with Gasteiger partial charge in [0.2, 0.25) is 0 Å². The molecule has 7 heteroatoms. The number of rotatable bonds is 7. The van der Waals surface area contributed by atoms with E-state index >= 15 is 0 Å². The maximum Gasteiger partial charge on any atom is 0.408 e. The Morgan fingerprint density at radius 2 is 1.73 bits per heavy atom. The predicted molar refractivity (Wildman–Crippen MR) is 117 cm³/mol. The summed E-state index contributed by atoms with van der Waals surface area (Å²) in [6.07, 6.45) is 3.53. The molecular formula is C23H34N4O3. The summed E-state index contributed by atoms with van der Waals surface area (Å²) in [6, 6.07) is 3.84. The molecule has 0 aromatic carbocycles. The molecule has 0 radical (unpaired) electrons. The molecule has 0 unspecified atom stereocenters. The first-order valence-electron chi connectivity index (χ1n) is 10.3. The zero-order valence-corrected chi connectivity index (χ0v) is 19.4. The Kier molecular flexibility index (Phi) is 7.39. The average Bonchev–Trinajstić information content (AvgIpc) is 2.58. The van der Waals surface area contributed by atoms with E-state index in [2.05, 4.69) is 34.1 Å². The van der Waals surface area contributed by atoms with Crippen molar-refractivity contribution in [3.8, 4) is 17.1 Å². The third-order valence-corrected chi connectivity index (χ3v) is 4.34. The number of alkyl carbamates (subject to hydrolysis) is 1. The van der Waals surface area contributed by atoms with Crippen molar-refractivity contribution in [3.63, 3.8) is 0 Å². The summed E-state index contributed by atoms with van der Waals surface area (Å²) >= 11 is 0. The number of ether oxygens (including phenoxy) is 2. The van der Waals surface area contributed by atoms with Crippen LogP contribution in [0.5, 0.6) is 5.75 Å². The molecule has 1 N–H and O–H groups in total. The van der Waals surface area contributed by atoms with Gasteiger partial charge in [0, 0.05) is 5.69 Å². The van der Waals surface area contributed by atoms with Crippen molar-refractivity contribution in [3.05, 3.63) is 35.9 Å². The first-order chi connectivity index (χ1) is 13.9. The molecule has 0 spiro atoms. The van der Waals surface area contributed by atoms with Crippen molar-refractivity contribution in [2.75, 3.05) is 6.61 Å². The lowest BCUT2D eigenvalue weighted by Gasteiger charge is -2.33. The van der Waals surface area contributed by atoms with E-state index in [1.54, 1.807) is 6.20 Å². The minimum absolute atomic E-state index is 0.304. The van der Waals surface area contributed by atoms with Gasteiger partial charge in [-0.1, -0.05) is 13.8 Å². The van der Waals surface area contributed by atoms with Gasteiger partial charge in [-0.05, 0) is 71.6 Å². The number of amides is 1. The van der Waals surface area contributed by atoms with Crippen molar-refractivity contribution >= 4 is 6.09 Å². The quantitative estimate of drug-likeness (QED) is 0.696. The van der Waals surface area contributed by atoms with Gasteiger partial charge in [0.1, 0.15) is 24.3 Å². The van der Waals surface area contributed by atoms with Gasteiger partial charge in [-0.3, -0.25) is 4.98 Å². The SMILES string of the molecule is Cc1cc(-c2cc(C)c(OC[C@](C)(CC(C)C)NC(=O)OC(C)(C)C)cn2)ncn1. The molecule has 2 aromatic heterocycles. The number of aryl methyl sites for hydroxylation is 2. The molecular weight excluding hydrogens is 380 g/mol. The first-order valence-corrected chi connectivity index (χ1v) is 10.3. The smallest absolute Gasteiger partial charge is 0.408 e. The third-order valence-electron chi connectivity index (χ3n) is 4.34. The van der Waals surface area contributed by atoms with Gasteiger partial charge in [-0.2, -0.15) is 0 Å². The Hall–Kier alpha value is -2.70. The molecule has 0 aliphatic carbocycles. The number of pyridine rings is 1. The van der Waals surface area contributed by atoms with Gasteiger partial charge in [-0.15, -0.1) is 0 Å². The van der Waals surface area contributed by atoms with E-state index in [0.29, 0.717) is 18.3 Å². The lowest BCUT2D eigenvalue weighted by molar-refractivity contribution is 0.0407. The average molecular weight is 415 g/mol. The van der Waals surface area contributed by atoms with Crippen molar-refractivity contribution < 1.29 is 14.3 Å². The van der Waals surface area contributed by atoms with Gasteiger partial charge in [0.15, 0.2) is 0 Å². The van der Waals surface area contributed by atoms with Gasteiger partial charge < -0.3 is 14.8 Å². The van der Waals surface area contributed by atoms with Crippen molar-refractivity contribution in [1.82, 2.24) is 20.3 Å². The molecule has 0 aliphatic heterocycles. The number of hydrogen-bond donors (Lipinski definition) is 1. The summed E-state index contributed by atoms with van der Waals surface area (Å²) in [5, 5.41) is 2.99. The second kappa shape index (κ2) is 9.41. The molecule has 164 valence electrons. The fourth-order valence-corrected chi connectivity index (χ4v) is 3.26. The van der Waals surface area contributed by atoms with Crippen molar-refractivity contribution in [2.24, 2.45) is 5.92 Å². The molecule has 0 saturated heterocycles. The number of nitrogens with zero attached hydrogens (tertiary/aromatic N) is 3. The lowest BCUT2D eigenvalue weighted by atomic mass is 9.91. The fraction of sp³-hybridized carbons (Fsp3) is 0.565. The van der Waals surface area contributed by atoms with E-state index in [0.717, 1.165) is 29.1 Å². The fourth-order valence-electron chi connectivity index (χ4n) is 3.26. The highest BCUT2D eigenvalue weighted by atomic mass is 16.6. The molecule has 0 saturated carbocycles. The van der Waals surface area contributed by atoms with Crippen LogP contribution in [0.1, 0.15) is 59.2 Å². The highest BCUT2D eigenvalue weighted by Gasteiger charge is 2.31. The molecule has 1 amide bonds. The minimum atomic E-state index is -0.578. The molecule has 2 aromatic rings. The van der Waals surface area contributed by atoms with Gasteiger partial charge >= 0.3 is 6.09 Å². The lowest BCUT2D eigenvalue weighted by Crippen LogP contribution is -2.52. The van der Waals surface area contributed by atoms with Crippen LogP contribution in [0.3, 0.4) is 0 Å². The summed E-state index contributed by atoms with van der Waals surface area (Å²) in [5.41, 5.74) is 2.23. The monoisotopic (exact) mass is 414 g/mol. The summed E-state index contributed by atoms with van der Waals surface area (Å²) in [6.45, 7) is 15.9. The van der Waals surface area contributed by atoms with E-state index < -0.39 is 17.2 Å². The zero-order chi connectivity index (χ0) is 22.5. The van der Waals surface area contributed by atoms with E-state index in [-0.39, 0.29) is 0 Å². The van der Waals surface area contributed by atoms with Crippen LogP contribution in [0, 0.1) is 19.8 Å². The minimum Gasteiger partial charge on any atom is -0.489 e. The maximum atomic E-state index is 12.3. The molecule has 0 aliphatic rings. The molecule has 0 fully saturated rings. The number of hydrogen-bond acceptors (Lipinski definition) is 6. The molecule has 30 heavy (non-hydrogen) atoms. The Bertz CT molecular complexity index is 877. The standard InChI is InChI=1S/C23H34N4O3/c1-15(2)11-23(8,27-21(28)30-22(5,6)7)13-29-20-12-24-18(9-16(20)3)19-10-17(4)25-14-26-19/h9-10,12,14-15H,11,13H2,1-8H3,(H,27,28)/t23-/m0/s1. The predicted octanol–water partition coefficient (Wildman–Crippen LogP) is 4.86. The van der Waals surface area contributed by atoms with Crippen LogP contribution in [0.2, 0.25) is 0 Å². The third kappa shape index (κ3) is 7.28. The van der Waals surface area contributed by atoms with Crippen LogP contribution < -0.4 is 10.1 Å². The molecule has 2 rings (SSSR count). The maximum absolute atomic E-state index is 12.3. The highest BCUT2D eigenvalue weighted by molar-refractivity contribution is 5.68. The number of carbonyl (C=O) groups excluding carboxylic acids is 1. The molecule has 1 atom stereocenters. The Labute approximate surface area is 179 Å². The second-order valence-electron chi connectivity index (χ2n) is 9.45. The normalized spacial score (nSPS) is 13.6. The number of carbonyl (C=O) groups is 1. The van der Waals surface area contributed by atoms with Gasteiger partial charge in [-0.25, -0.2) is 14.8 Å². The van der Waals surface area contributed by atoms with Crippen molar-refractivity contribution in [2.45, 2.75) is 73.0 Å². The summed E-state index contributed by atoms with van der Waals surface area (Å²) in [4.78, 5) is 25.3. The van der Waals surface area contributed by atoms with Crippen LogP contribution in [0.4, 0.5) is 4.79 Å². The van der Waals surface area contributed by atoms with Crippen LogP contribution in [-0.2, 0) is 4.74 Å². The van der Waals surface area contributed by atoms with E-state index in [1.807, 2.05) is 53.7 Å². The van der Waals surface area contributed by atoms with Gasteiger partial charge in [0.25, 0.3) is 0 Å².